The zero-order valence-corrected chi connectivity index (χ0v) is 18.4. The second-order valence-electron chi connectivity index (χ2n) is 7.07. The van der Waals surface area contributed by atoms with Crippen molar-refractivity contribution in [2.24, 2.45) is 0 Å². The number of aromatic nitrogens is 2. The molecule has 3 aromatic rings. The maximum atomic E-state index is 11.8. The molecule has 0 radical (unpaired) electrons. The summed E-state index contributed by atoms with van der Waals surface area (Å²) in [6.07, 6.45) is 8.95. The number of nitrogens with zero attached hydrogens (tertiary/aromatic N) is 2. The molecule has 0 aliphatic rings. The molecular formula is C26H27N3O3. The van der Waals surface area contributed by atoms with Crippen molar-refractivity contribution in [2.75, 3.05) is 12.4 Å². The Morgan fingerprint density at radius 1 is 1.12 bits per heavy atom. The number of nitrogens with one attached hydrogen (secondary N) is 1. The van der Waals surface area contributed by atoms with Crippen LogP contribution >= 0.6 is 0 Å². The van der Waals surface area contributed by atoms with Crippen LogP contribution in [0.2, 0.25) is 0 Å². The lowest BCUT2D eigenvalue weighted by Gasteiger charge is -2.12. The van der Waals surface area contributed by atoms with Crippen molar-refractivity contribution < 1.29 is 14.6 Å². The number of aliphatic hydroxyl groups is 1. The fraction of sp³-hybridized carbons (Fsp3) is 0.154. The van der Waals surface area contributed by atoms with E-state index in [2.05, 4.69) is 10.4 Å². The van der Waals surface area contributed by atoms with E-state index in [1.54, 1.807) is 14.0 Å². The van der Waals surface area contributed by atoms with Crippen LogP contribution in [0.4, 0.5) is 5.82 Å². The average Bonchev–Trinajstić information content (AvgIpc) is 3.18. The highest BCUT2D eigenvalue weighted by atomic mass is 16.5. The topological polar surface area (TPSA) is 76.4 Å². The summed E-state index contributed by atoms with van der Waals surface area (Å²) >= 11 is 0. The number of hydrogen-bond acceptors (Lipinski definition) is 5. The van der Waals surface area contributed by atoms with Gasteiger partial charge in [-0.05, 0) is 37.1 Å². The molecular weight excluding hydrogens is 402 g/mol. The van der Waals surface area contributed by atoms with Gasteiger partial charge in [0, 0.05) is 17.6 Å². The minimum atomic E-state index is -0.0636. The van der Waals surface area contributed by atoms with Crippen molar-refractivity contribution in [3.63, 3.8) is 0 Å². The van der Waals surface area contributed by atoms with E-state index in [4.69, 9.17) is 4.74 Å². The van der Waals surface area contributed by atoms with Gasteiger partial charge in [0.2, 0.25) is 6.41 Å². The molecule has 2 N–H and O–H groups in total. The van der Waals surface area contributed by atoms with Gasteiger partial charge >= 0.3 is 0 Å². The molecule has 6 heteroatoms. The van der Waals surface area contributed by atoms with E-state index in [1.807, 2.05) is 85.8 Å². The molecule has 0 spiro atoms. The lowest BCUT2D eigenvalue weighted by Crippen LogP contribution is -2.09. The van der Waals surface area contributed by atoms with Crippen LogP contribution in [-0.4, -0.2) is 28.4 Å². The average molecular weight is 430 g/mol. The minimum Gasteiger partial charge on any atom is -0.497 e. The van der Waals surface area contributed by atoms with Crippen LogP contribution in [0, 0.1) is 0 Å². The highest BCUT2D eigenvalue weighted by Gasteiger charge is 2.20. The number of methoxy groups -OCH3 is 1. The first kappa shape index (κ1) is 22.6. The quantitative estimate of drug-likeness (QED) is 0.262. The number of anilines is 1. The van der Waals surface area contributed by atoms with Gasteiger partial charge in [0.1, 0.15) is 11.6 Å². The molecule has 0 aliphatic heterocycles. The monoisotopic (exact) mass is 429 g/mol. The van der Waals surface area contributed by atoms with E-state index in [0.29, 0.717) is 24.2 Å². The van der Waals surface area contributed by atoms with Crippen LogP contribution in [0.3, 0.4) is 0 Å². The molecule has 0 bridgehead atoms. The summed E-state index contributed by atoms with van der Waals surface area (Å²) in [4.78, 5) is 11.8. The summed E-state index contributed by atoms with van der Waals surface area (Å²) < 4.78 is 6.42. The number of rotatable bonds is 9. The predicted molar refractivity (Wildman–Crippen MR) is 129 cm³/mol. The molecule has 32 heavy (non-hydrogen) atoms. The first-order chi connectivity index (χ1) is 15.6. The Bertz CT molecular complexity index is 1140. The summed E-state index contributed by atoms with van der Waals surface area (Å²) in [7, 11) is 1.60. The summed E-state index contributed by atoms with van der Waals surface area (Å²) in [5.41, 5.74) is 3.83. The van der Waals surface area contributed by atoms with Gasteiger partial charge in [-0.3, -0.25) is 4.79 Å². The number of aliphatic hydroxyl groups excluding tert-OH is 1. The number of carbonyl (C=O) groups is 1. The molecule has 6 nitrogen and oxygen atoms in total. The van der Waals surface area contributed by atoms with Crippen molar-refractivity contribution in [2.45, 2.75) is 20.3 Å². The van der Waals surface area contributed by atoms with Gasteiger partial charge in [0.05, 0.1) is 12.8 Å². The Labute approximate surface area is 188 Å². The van der Waals surface area contributed by atoms with E-state index in [9.17, 15) is 9.90 Å². The van der Waals surface area contributed by atoms with E-state index >= 15 is 0 Å². The second-order valence-corrected chi connectivity index (χ2v) is 7.07. The third-order valence-corrected chi connectivity index (χ3v) is 5.01. The first-order valence-electron chi connectivity index (χ1n) is 10.3. The maximum absolute atomic E-state index is 11.8. The number of ether oxygens (including phenoxy) is 1. The molecule has 1 aromatic heterocycles. The third kappa shape index (κ3) is 5.16. The van der Waals surface area contributed by atoms with Crippen molar-refractivity contribution in [3.8, 4) is 16.9 Å². The Balaban J connectivity index is 2.05. The fourth-order valence-corrected chi connectivity index (χ4v) is 3.28. The number of hydrogen-bond donors (Lipinski definition) is 2. The lowest BCUT2D eigenvalue weighted by molar-refractivity contribution is 0.414. The Morgan fingerprint density at radius 3 is 2.47 bits per heavy atom. The number of carbonyl (C=O) groups excluding carboxylic acids is 1. The lowest BCUT2D eigenvalue weighted by atomic mass is 10.0. The van der Waals surface area contributed by atoms with Gasteiger partial charge in [-0.1, -0.05) is 66.8 Å². The molecule has 1 heterocycles. The Morgan fingerprint density at radius 2 is 1.84 bits per heavy atom. The zero-order chi connectivity index (χ0) is 22.9. The van der Waals surface area contributed by atoms with E-state index in [1.165, 1.54) is 4.68 Å². The molecule has 0 saturated heterocycles. The highest BCUT2D eigenvalue weighted by molar-refractivity contribution is 5.84. The summed E-state index contributed by atoms with van der Waals surface area (Å²) in [6.45, 7) is 3.75. The summed E-state index contributed by atoms with van der Waals surface area (Å²) in [5.74, 6) is 1.08. The Hall–Kier alpha value is -4.06. The largest absolute Gasteiger partial charge is 0.497 e. The van der Waals surface area contributed by atoms with Crippen LogP contribution in [0.5, 0.6) is 5.75 Å². The van der Waals surface area contributed by atoms with Crippen LogP contribution in [0.15, 0.2) is 84.8 Å². The molecule has 0 aliphatic carbocycles. The first-order valence-corrected chi connectivity index (χ1v) is 10.3. The van der Waals surface area contributed by atoms with E-state index in [0.717, 1.165) is 28.1 Å². The van der Waals surface area contributed by atoms with Crippen molar-refractivity contribution in [1.82, 2.24) is 9.78 Å². The summed E-state index contributed by atoms with van der Waals surface area (Å²) in [6, 6.07) is 17.1. The molecule has 0 atom stereocenters. The van der Waals surface area contributed by atoms with Crippen molar-refractivity contribution in [1.29, 1.82) is 0 Å². The van der Waals surface area contributed by atoms with Gasteiger partial charge in [-0.25, -0.2) is 0 Å². The highest BCUT2D eigenvalue weighted by Crippen LogP contribution is 2.33. The minimum absolute atomic E-state index is 0.0636. The van der Waals surface area contributed by atoms with Crippen LogP contribution in [-0.2, 0) is 11.2 Å². The smallest absolute Gasteiger partial charge is 0.236 e. The van der Waals surface area contributed by atoms with Gasteiger partial charge in [0.15, 0.2) is 5.88 Å². The van der Waals surface area contributed by atoms with Crippen LogP contribution in [0.1, 0.15) is 25.1 Å². The number of benzene rings is 2. The van der Waals surface area contributed by atoms with Gasteiger partial charge in [0.25, 0.3) is 0 Å². The van der Waals surface area contributed by atoms with Crippen LogP contribution in [0.25, 0.3) is 16.7 Å². The molecule has 0 fully saturated rings. The van der Waals surface area contributed by atoms with Gasteiger partial charge in [-0.15, -0.1) is 0 Å². The van der Waals surface area contributed by atoms with Gasteiger partial charge < -0.3 is 15.2 Å². The normalized spacial score (nSPS) is 12.2. The fourth-order valence-electron chi connectivity index (χ4n) is 3.28. The predicted octanol–water partition coefficient (Wildman–Crippen LogP) is 5.63. The molecule has 2 aromatic carbocycles. The zero-order valence-electron chi connectivity index (χ0n) is 18.4. The van der Waals surface area contributed by atoms with E-state index in [-0.39, 0.29) is 5.88 Å². The Kier molecular flexibility index (Phi) is 7.65. The molecule has 0 unspecified atom stereocenters. The third-order valence-electron chi connectivity index (χ3n) is 5.01. The maximum Gasteiger partial charge on any atom is 0.236 e. The van der Waals surface area contributed by atoms with Crippen LogP contribution < -0.4 is 10.1 Å². The number of allylic oxidation sites excluding steroid dienone is 5. The second kappa shape index (κ2) is 10.8. The molecule has 3 rings (SSSR count). The van der Waals surface area contributed by atoms with Crippen molar-refractivity contribution in [3.05, 3.63) is 96.0 Å². The standard InChI is InChI=1S/C26H27N3O3/c1-4-5-6-10-13-23-24(21-11-8-7-9-12-21)25(29(18-30)28-23)27-26(31)19(2)20-14-16-22(32-3)17-15-20/h4-12,14-18,27,31H,13H2,1-3H3/b5-4-,10-6-,26-19-. The summed E-state index contributed by atoms with van der Waals surface area (Å²) in [5, 5.41) is 18.3. The molecule has 164 valence electrons. The molecule has 0 saturated carbocycles. The van der Waals surface area contributed by atoms with E-state index < -0.39 is 0 Å². The molecule has 0 amide bonds. The van der Waals surface area contributed by atoms with Gasteiger partial charge in [-0.2, -0.15) is 9.78 Å². The van der Waals surface area contributed by atoms with Crippen molar-refractivity contribution >= 4 is 17.8 Å². The SMILES string of the molecule is C/C=C\C=C/Cc1nn(C=O)c(N/C(O)=C(\C)c2ccc(OC)cc2)c1-c1ccccc1.